The van der Waals surface area contributed by atoms with Gasteiger partial charge >= 0.3 is 0 Å². The lowest BCUT2D eigenvalue weighted by atomic mass is 10.1. The maximum atomic E-state index is 5.23. The zero-order valence-corrected chi connectivity index (χ0v) is 13.4. The molecule has 0 spiro atoms. The number of para-hydroxylation sites is 1. The van der Waals surface area contributed by atoms with Crippen LogP contribution in [0, 0.1) is 0 Å². The first-order valence-electron chi connectivity index (χ1n) is 7.86. The van der Waals surface area contributed by atoms with Crippen LogP contribution in [0.1, 0.15) is 11.4 Å². The molecule has 2 aromatic heterocycles. The molecule has 4 aromatic rings. The molecule has 2 aromatic carbocycles. The molecule has 0 aliphatic carbocycles. The van der Waals surface area contributed by atoms with Gasteiger partial charge in [0.15, 0.2) is 5.65 Å². The topological polar surface area (TPSA) is 39.9 Å². The Morgan fingerprint density at radius 2 is 1.71 bits per heavy atom. The second-order valence-corrected chi connectivity index (χ2v) is 5.57. The number of benzene rings is 2. The van der Waals surface area contributed by atoms with Crippen LogP contribution in [0.25, 0.3) is 16.9 Å². The molecular weight excluding hydrogens is 298 g/mol. The number of pyridine rings is 1. The van der Waals surface area contributed by atoms with Crippen molar-refractivity contribution < 1.29 is 4.74 Å². The van der Waals surface area contributed by atoms with E-state index in [1.807, 2.05) is 42.5 Å². The molecule has 118 valence electrons. The summed E-state index contributed by atoms with van der Waals surface area (Å²) in [6, 6.07) is 22.2. The van der Waals surface area contributed by atoms with Crippen molar-refractivity contribution in [2.75, 3.05) is 7.11 Å². The number of nitrogens with zero attached hydrogens (tertiary/aromatic N) is 3. The standard InChI is InChI=1S/C20H17N3O/c1-24-17-11-9-15(10-12-17)14-19-22-18-8-5-13-21-20(18)23(19)16-6-3-2-4-7-16/h2-13H,14H2,1H3. The molecule has 2 heterocycles. The average molecular weight is 315 g/mol. The molecule has 0 atom stereocenters. The third-order valence-corrected chi connectivity index (χ3v) is 4.02. The first-order valence-corrected chi connectivity index (χ1v) is 7.86. The second-order valence-electron chi connectivity index (χ2n) is 5.57. The summed E-state index contributed by atoms with van der Waals surface area (Å²) in [5.41, 5.74) is 4.04. The van der Waals surface area contributed by atoms with Gasteiger partial charge in [0.05, 0.1) is 7.11 Å². The molecule has 0 amide bonds. The summed E-state index contributed by atoms with van der Waals surface area (Å²) in [7, 11) is 1.68. The van der Waals surface area contributed by atoms with Gasteiger partial charge in [-0.15, -0.1) is 0 Å². The van der Waals surface area contributed by atoms with E-state index in [0.717, 1.165) is 34.8 Å². The van der Waals surface area contributed by atoms with Crippen LogP contribution in [0.4, 0.5) is 0 Å². The van der Waals surface area contributed by atoms with Crippen LogP contribution in [0.5, 0.6) is 5.75 Å². The monoisotopic (exact) mass is 315 g/mol. The lowest BCUT2D eigenvalue weighted by molar-refractivity contribution is 0.414. The van der Waals surface area contributed by atoms with Crippen LogP contribution in [-0.4, -0.2) is 21.6 Å². The number of hydrogen-bond donors (Lipinski definition) is 0. The van der Waals surface area contributed by atoms with Crippen molar-refractivity contribution in [1.82, 2.24) is 14.5 Å². The van der Waals surface area contributed by atoms with Crippen LogP contribution < -0.4 is 4.74 Å². The average Bonchev–Trinajstić information content (AvgIpc) is 3.01. The highest BCUT2D eigenvalue weighted by Crippen LogP contribution is 2.22. The molecule has 0 aliphatic heterocycles. The molecule has 0 N–H and O–H groups in total. The van der Waals surface area contributed by atoms with E-state index in [-0.39, 0.29) is 0 Å². The smallest absolute Gasteiger partial charge is 0.164 e. The van der Waals surface area contributed by atoms with E-state index in [1.54, 1.807) is 13.3 Å². The number of fused-ring (bicyclic) bond motifs is 1. The fourth-order valence-corrected chi connectivity index (χ4v) is 2.85. The zero-order chi connectivity index (χ0) is 16.4. The molecule has 24 heavy (non-hydrogen) atoms. The molecule has 0 fully saturated rings. The Morgan fingerprint density at radius 3 is 2.46 bits per heavy atom. The molecule has 0 aliphatic rings. The van der Waals surface area contributed by atoms with E-state index in [9.17, 15) is 0 Å². The largest absolute Gasteiger partial charge is 0.497 e. The van der Waals surface area contributed by atoms with Crippen LogP contribution in [0.2, 0.25) is 0 Å². The van der Waals surface area contributed by atoms with Gasteiger partial charge in [0, 0.05) is 18.3 Å². The van der Waals surface area contributed by atoms with Gasteiger partial charge in [-0.05, 0) is 42.0 Å². The summed E-state index contributed by atoms with van der Waals surface area (Å²) in [5.74, 6) is 1.83. The predicted molar refractivity (Wildman–Crippen MR) is 94.7 cm³/mol. The maximum absolute atomic E-state index is 5.23. The molecule has 4 nitrogen and oxygen atoms in total. The van der Waals surface area contributed by atoms with Crippen molar-refractivity contribution in [3.8, 4) is 11.4 Å². The van der Waals surface area contributed by atoms with Gasteiger partial charge in [0.2, 0.25) is 0 Å². The van der Waals surface area contributed by atoms with E-state index in [4.69, 9.17) is 9.72 Å². The SMILES string of the molecule is COc1ccc(Cc2nc3cccnc3n2-c2ccccc2)cc1. The van der Waals surface area contributed by atoms with Crippen molar-refractivity contribution in [3.63, 3.8) is 0 Å². The highest BCUT2D eigenvalue weighted by Gasteiger charge is 2.13. The Kier molecular flexibility index (Phi) is 3.71. The summed E-state index contributed by atoms with van der Waals surface area (Å²) in [6.07, 6.45) is 2.54. The maximum Gasteiger partial charge on any atom is 0.164 e. The summed E-state index contributed by atoms with van der Waals surface area (Å²) >= 11 is 0. The quantitative estimate of drug-likeness (QED) is 0.571. The normalized spacial score (nSPS) is 10.9. The molecule has 4 rings (SSSR count). The van der Waals surface area contributed by atoms with Gasteiger partial charge in [-0.2, -0.15) is 0 Å². The zero-order valence-electron chi connectivity index (χ0n) is 13.4. The van der Waals surface area contributed by atoms with E-state index in [0.29, 0.717) is 0 Å². The molecular formula is C20H17N3O. The minimum Gasteiger partial charge on any atom is -0.497 e. The molecule has 4 heteroatoms. The summed E-state index contributed by atoms with van der Waals surface area (Å²) < 4.78 is 7.35. The summed E-state index contributed by atoms with van der Waals surface area (Å²) in [6.45, 7) is 0. The first-order chi connectivity index (χ1) is 11.8. The number of hydrogen-bond acceptors (Lipinski definition) is 3. The molecule has 0 bridgehead atoms. The number of rotatable bonds is 4. The van der Waals surface area contributed by atoms with E-state index >= 15 is 0 Å². The van der Waals surface area contributed by atoms with Crippen LogP contribution in [0.15, 0.2) is 72.9 Å². The summed E-state index contributed by atoms with van der Waals surface area (Å²) in [5, 5.41) is 0. The Bertz CT molecular complexity index is 959. The Morgan fingerprint density at radius 1 is 0.917 bits per heavy atom. The minimum atomic E-state index is 0.731. The third-order valence-electron chi connectivity index (χ3n) is 4.02. The lowest BCUT2D eigenvalue weighted by Crippen LogP contribution is -2.03. The summed E-state index contributed by atoms with van der Waals surface area (Å²) in [4.78, 5) is 9.32. The van der Waals surface area contributed by atoms with Crippen LogP contribution in [0.3, 0.4) is 0 Å². The van der Waals surface area contributed by atoms with Gasteiger partial charge in [0.25, 0.3) is 0 Å². The molecule has 0 unspecified atom stereocenters. The number of aromatic nitrogens is 3. The van der Waals surface area contributed by atoms with Crippen LogP contribution >= 0.6 is 0 Å². The minimum absolute atomic E-state index is 0.731. The van der Waals surface area contributed by atoms with E-state index in [2.05, 4.69) is 33.8 Å². The first kappa shape index (κ1) is 14.5. The van der Waals surface area contributed by atoms with Gasteiger partial charge in [-0.3, -0.25) is 4.57 Å². The van der Waals surface area contributed by atoms with Gasteiger partial charge in [-0.25, -0.2) is 9.97 Å². The highest BCUT2D eigenvalue weighted by molar-refractivity contribution is 5.73. The fraction of sp³-hybridized carbons (Fsp3) is 0.100. The van der Waals surface area contributed by atoms with Gasteiger partial charge < -0.3 is 4.74 Å². The molecule has 0 saturated heterocycles. The Labute approximate surface area is 140 Å². The predicted octanol–water partition coefficient (Wildman–Crippen LogP) is 4.02. The number of methoxy groups -OCH3 is 1. The van der Waals surface area contributed by atoms with Crippen molar-refractivity contribution >= 4 is 11.2 Å². The Hall–Kier alpha value is -3.14. The third kappa shape index (κ3) is 2.63. The molecule has 0 saturated carbocycles. The van der Waals surface area contributed by atoms with Gasteiger partial charge in [0.1, 0.15) is 17.1 Å². The number of imidazole rings is 1. The van der Waals surface area contributed by atoms with E-state index < -0.39 is 0 Å². The Balaban J connectivity index is 1.82. The molecule has 0 radical (unpaired) electrons. The highest BCUT2D eigenvalue weighted by atomic mass is 16.5. The second kappa shape index (κ2) is 6.16. The fourth-order valence-electron chi connectivity index (χ4n) is 2.85. The van der Waals surface area contributed by atoms with Crippen LogP contribution in [-0.2, 0) is 6.42 Å². The van der Waals surface area contributed by atoms with Crippen molar-refractivity contribution in [1.29, 1.82) is 0 Å². The van der Waals surface area contributed by atoms with Crippen molar-refractivity contribution in [2.45, 2.75) is 6.42 Å². The number of ether oxygens (including phenoxy) is 1. The van der Waals surface area contributed by atoms with Crippen molar-refractivity contribution in [3.05, 3.63) is 84.3 Å². The van der Waals surface area contributed by atoms with Crippen molar-refractivity contribution in [2.24, 2.45) is 0 Å². The lowest BCUT2D eigenvalue weighted by Gasteiger charge is -2.09. The van der Waals surface area contributed by atoms with Gasteiger partial charge in [-0.1, -0.05) is 30.3 Å². The van der Waals surface area contributed by atoms with E-state index in [1.165, 1.54) is 5.56 Å².